The number of nitrogens with zero attached hydrogens (tertiary/aromatic N) is 1. The van der Waals surface area contributed by atoms with Crippen LogP contribution in [0.3, 0.4) is 0 Å². The Morgan fingerprint density at radius 2 is 2.36 bits per heavy atom. The molecule has 2 rings (SSSR count). The van der Waals surface area contributed by atoms with Crippen LogP contribution in [0, 0.1) is 4.64 Å². The average molecular weight is 209 g/mol. The molecule has 1 saturated heterocycles. The first-order valence-corrected chi connectivity index (χ1v) is 5.36. The van der Waals surface area contributed by atoms with Gasteiger partial charge in [0.05, 0.1) is 5.69 Å². The van der Waals surface area contributed by atoms with Crippen LogP contribution in [0.4, 0.5) is 5.69 Å². The molecule has 0 aliphatic carbocycles. The molecule has 0 bridgehead atoms. The summed E-state index contributed by atoms with van der Waals surface area (Å²) in [7, 11) is 0. The monoisotopic (exact) mass is 209 g/mol. The predicted octanol–water partition coefficient (Wildman–Crippen LogP) is 1.67. The summed E-state index contributed by atoms with van der Waals surface area (Å²) in [6, 6.07) is 4.29. The van der Waals surface area contributed by atoms with E-state index in [-0.39, 0.29) is 0 Å². The van der Waals surface area contributed by atoms with Crippen molar-refractivity contribution in [1.82, 2.24) is 4.98 Å². The highest BCUT2D eigenvalue weighted by Crippen LogP contribution is 2.17. The van der Waals surface area contributed by atoms with Gasteiger partial charge in [-0.3, -0.25) is 0 Å². The van der Waals surface area contributed by atoms with Gasteiger partial charge in [-0.2, -0.15) is 0 Å². The van der Waals surface area contributed by atoms with Gasteiger partial charge < -0.3 is 15.6 Å². The van der Waals surface area contributed by atoms with Crippen molar-refractivity contribution in [1.29, 1.82) is 0 Å². The van der Waals surface area contributed by atoms with Gasteiger partial charge in [0.15, 0.2) is 0 Å². The maximum atomic E-state index is 5.92. The molecule has 1 atom stereocenters. The van der Waals surface area contributed by atoms with Crippen LogP contribution < -0.4 is 10.6 Å². The van der Waals surface area contributed by atoms with Crippen LogP contribution in [0.25, 0.3) is 0 Å². The highest BCUT2D eigenvalue weighted by Gasteiger charge is 2.16. The topological polar surface area (TPSA) is 45.0 Å². The van der Waals surface area contributed by atoms with Crippen LogP contribution >= 0.6 is 12.2 Å². The minimum absolute atomic E-state index is 0.312. The summed E-state index contributed by atoms with van der Waals surface area (Å²) in [4.78, 5) is 5.35. The molecule has 0 amide bonds. The summed E-state index contributed by atoms with van der Waals surface area (Å²) >= 11 is 5.00. The molecule has 0 radical (unpaired) electrons. The SMILES string of the molecule is N[C@@H]1CCCN(c2ccc(=S)[nH]c2)C1. The van der Waals surface area contributed by atoms with Gasteiger partial charge in [-0.05, 0) is 25.0 Å². The van der Waals surface area contributed by atoms with Gasteiger partial charge in [-0.15, -0.1) is 0 Å². The van der Waals surface area contributed by atoms with Gasteiger partial charge in [-0.25, -0.2) is 0 Å². The third-order valence-corrected chi connectivity index (χ3v) is 2.84. The summed E-state index contributed by atoms with van der Waals surface area (Å²) in [6.07, 6.45) is 4.27. The van der Waals surface area contributed by atoms with Crippen molar-refractivity contribution in [3.8, 4) is 0 Å². The van der Waals surface area contributed by atoms with E-state index in [1.165, 1.54) is 12.1 Å². The molecule has 4 heteroatoms. The van der Waals surface area contributed by atoms with E-state index in [2.05, 4.69) is 16.0 Å². The van der Waals surface area contributed by atoms with Gasteiger partial charge >= 0.3 is 0 Å². The number of aromatic amines is 1. The van der Waals surface area contributed by atoms with E-state index in [9.17, 15) is 0 Å². The van der Waals surface area contributed by atoms with Crippen LogP contribution in [-0.4, -0.2) is 24.1 Å². The van der Waals surface area contributed by atoms with Crippen molar-refractivity contribution in [2.24, 2.45) is 5.73 Å². The molecule has 0 unspecified atom stereocenters. The molecule has 0 spiro atoms. The number of hydrogen-bond acceptors (Lipinski definition) is 3. The average Bonchev–Trinajstić information content (AvgIpc) is 2.19. The Balaban J connectivity index is 2.14. The smallest absolute Gasteiger partial charge is 0.103 e. The standard InChI is InChI=1S/C10H15N3S/c11-8-2-1-5-13(7-8)9-3-4-10(14)12-6-9/h3-4,6,8H,1-2,5,7,11H2,(H,12,14)/t8-/m1/s1. The molecule has 1 aromatic rings. The lowest BCUT2D eigenvalue weighted by atomic mass is 10.1. The third-order valence-electron chi connectivity index (χ3n) is 2.59. The lowest BCUT2D eigenvalue weighted by Crippen LogP contribution is -2.42. The second-order valence-corrected chi connectivity index (χ2v) is 4.20. The molecule has 76 valence electrons. The largest absolute Gasteiger partial charge is 0.369 e. The van der Waals surface area contributed by atoms with Crippen molar-refractivity contribution >= 4 is 17.9 Å². The maximum Gasteiger partial charge on any atom is 0.103 e. The molecule has 1 fully saturated rings. The van der Waals surface area contributed by atoms with Gasteiger partial charge in [0.2, 0.25) is 0 Å². The summed E-state index contributed by atoms with van der Waals surface area (Å²) < 4.78 is 0.773. The van der Waals surface area contributed by atoms with Crippen LogP contribution in [0.5, 0.6) is 0 Å². The van der Waals surface area contributed by atoms with E-state index >= 15 is 0 Å². The molecule has 3 N–H and O–H groups in total. The van der Waals surface area contributed by atoms with Crippen molar-refractivity contribution in [2.75, 3.05) is 18.0 Å². The molecule has 0 aromatic carbocycles. The maximum absolute atomic E-state index is 5.92. The molecular formula is C10H15N3S. The number of H-pyrrole nitrogens is 1. The van der Waals surface area contributed by atoms with E-state index in [1.54, 1.807) is 0 Å². The Hall–Kier alpha value is -0.870. The van der Waals surface area contributed by atoms with E-state index in [0.29, 0.717) is 6.04 Å². The van der Waals surface area contributed by atoms with E-state index in [4.69, 9.17) is 18.0 Å². The number of piperidine rings is 1. The quantitative estimate of drug-likeness (QED) is 0.692. The van der Waals surface area contributed by atoms with E-state index in [1.807, 2.05) is 12.3 Å². The summed E-state index contributed by atoms with van der Waals surface area (Å²) in [5.41, 5.74) is 7.11. The molecule has 1 aliphatic heterocycles. The zero-order chi connectivity index (χ0) is 9.97. The predicted molar refractivity (Wildman–Crippen MR) is 61.0 cm³/mol. The molecule has 14 heavy (non-hydrogen) atoms. The molecule has 1 aromatic heterocycles. The molecular weight excluding hydrogens is 194 g/mol. The zero-order valence-electron chi connectivity index (χ0n) is 8.07. The highest BCUT2D eigenvalue weighted by atomic mass is 32.1. The lowest BCUT2D eigenvalue weighted by molar-refractivity contribution is 0.506. The number of aromatic nitrogens is 1. The first kappa shape index (κ1) is 9.68. The van der Waals surface area contributed by atoms with Crippen molar-refractivity contribution in [3.05, 3.63) is 23.0 Å². The second-order valence-electron chi connectivity index (χ2n) is 3.76. The Bertz CT molecular complexity index is 340. The van der Waals surface area contributed by atoms with Gasteiger partial charge in [0.25, 0.3) is 0 Å². The Kier molecular flexibility index (Phi) is 2.84. The minimum Gasteiger partial charge on any atom is -0.369 e. The van der Waals surface area contributed by atoms with Crippen LogP contribution in [0.1, 0.15) is 12.8 Å². The van der Waals surface area contributed by atoms with Crippen LogP contribution in [0.15, 0.2) is 18.3 Å². The normalized spacial score (nSPS) is 22.4. The van der Waals surface area contributed by atoms with E-state index in [0.717, 1.165) is 24.2 Å². The fourth-order valence-corrected chi connectivity index (χ4v) is 1.97. The highest BCUT2D eigenvalue weighted by molar-refractivity contribution is 7.71. The molecule has 3 nitrogen and oxygen atoms in total. The van der Waals surface area contributed by atoms with Gasteiger partial charge in [-0.1, -0.05) is 12.2 Å². The van der Waals surface area contributed by atoms with Crippen molar-refractivity contribution in [3.63, 3.8) is 0 Å². The summed E-state index contributed by atoms with van der Waals surface area (Å²) in [6.45, 7) is 2.04. The fraction of sp³-hybridized carbons (Fsp3) is 0.500. The Morgan fingerprint density at radius 1 is 1.50 bits per heavy atom. The Morgan fingerprint density at radius 3 is 3.00 bits per heavy atom. The van der Waals surface area contributed by atoms with E-state index < -0.39 is 0 Å². The summed E-state index contributed by atoms with van der Waals surface area (Å²) in [5.74, 6) is 0. The van der Waals surface area contributed by atoms with Gasteiger partial charge in [0, 0.05) is 25.3 Å². The number of anilines is 1. The fourth-order valence-electron chi connectivity index (χ4n) is 1.84. The molecule has 1 aliphatic rings. The minimum atomic E-state index is 0.312. The lowest BCUT2D eigenvalue weighted by Gasteiger charge is -2.32. The number of hydrogen-bond donors (Lipinski definition) is 2. The zero-order valence-corrected chi connectivity index (χ0v) is 8.89. The number of rotatable bonds is 1. The second kappa shape index (κ2) is 4.11. The number of pyridine rings is 1. The van der Waals surface area contributed by atoms with Crippen molar-refractivity contribution < 1.29 is 0 Å². The number of nitrogens with one attached hydrogen (secondary N) is 1. The molecule has 2 heterocycles. The van der Waals surface area contributed by atoms with Gasteiger partial charge in [0.1, 0.15) is 4.64 Å². The van der Waals surface area contributed by atoms with Crippen LogP contribution in [-0.2, 0) is 0 Å². The van der Waals surface area contributed by atoms with Crippen LogP contribution in [0.2, 0.25) is 0 Å². The molecule has 0 saturated carbocycles. The Labute approximate surface area is 88.9 Å². The van der Waals surface area contributed by atoms with Crippen molar-refractivity contribution in [2.45, 2.75) is 18.9 Å². The number of nitrogens with two attached hydrogens (primary N) is 1. The summed E-state index contributed by atoms with van der Waals surface area (Å²) in [5, 5.41) is 0. The third kappa shape index (κ3) is 2.13. The first-order valence-electron chi connectivity index (χ1n) is 4.95. The first-order chi connectivity index (χ1) is 6.75.